The second-order valence-electron chi connectivity index (χ2n) is 11.1. The third kappa shape index (κ3) is 5.21. The quantitative estimate of drug-likeness (QED) is 0.173. The summed E-state index contributed by atoms with van der Waals surface area (Å²) in [5, 5.41) is 5.15. The first-order valence-electron chi connectivity index (χ1n) is 14.2. The van der Waals surface area contributed by atoms with Crippen molar-refractivity contribution in [2.24, 2.45) is 13.0 Å². The number of rotatable bonds is 7. The number of hydrogen-bond donors (Lipinski definition) is 0. The average molecular weight is 621 g/mol. The van der Waals surface area contributed by atoms with Gasteiger partial charge < -0.3 is 4.57 Å². The van der Waals surface area contributed by atoms with Gasteiger partial charge in [-0.1, -0.05) is 36.7 Å². The van der Waals surface area contributed by atoms with Crippen LogP contribution in [0.1, 0.15) is 54.0 Å². The summed E-state index contributed by atoms with van der Waals surface area (Å²) in [6.07, 6.45) is 11.7. The number of aryl methyl sites for hydroxylation is 2. The van der Waals surface area contributed by atoms with E-state index in [9.17, 15) is 13.2 Å². The number of imidazole rings is 1. The largest absolute Gasteiger partial charge is 0.433 e. The van der Waals surface area contributed by atoms with Gasteiger partial charge in [0.2, 0.25) is 0 Å². The summed E-state index contributed by atoms with van der Waals surface area (Å²) in [7, 11) is 1.78. The fourth-order valence-electron chi connectivity index (χ4n) is 5.98. The maximum atomic E-state index is 16.0. The van der Waals surface area contributed by atoms with Crippen molar-refractivity contribution in [2.75, 3.05) is 0 Å². The van der Waals surface area contributed by atoms with E-state index in [4.69, 9.17) is 16.6 Å². The Hall–Kier alpha value is -4.31. The Bertz CT molecular complexity index is 1890. The van der Waals surface area contributed by atoms with E-state index in [-0.39, 0.29) is 11.4 Å². The van der Waals surface area contributed by atoms with Crippen LogP contribution in [-0.2, 0) is 31.5 Å². The zero-order valence-corrected chi connectivity index (χ0v) is 25.0. The van der Waals surface area contributed by atoms with Crippen LogP contribution in [0.4, 0.5) is 17.6 Å². The molecule has 0 saturated heterocycles. The summed E-state index contributed by atoms with van der Waals surface area (Å²) in [5.41, 5.74) is 2.15. The lowest BCUT2D eigenvalue weighted by Gasteiger charge is -2.32. The van der Waals surface area contributed by atoms with Crippen molar-refractivity contribution in [2.45, 2.75) is 44.7 Å². The smallest absolute Gasteiger partial charge is 0.337 e. The van der Waals surface area contributed by atoms with Crippen molar-refractivity contribution < 1.29 is 17.6 Å². The van der Waals surface area contributed by atoms with E-state index in [1.54, 1.807) is 36.4 Å². The Morgan fingerprint density at radius 3 is 2.52 bits per heavy atom. The molecule has 0 fully saturated rings. The van der Waals surface area contributed by atoms with Gasteiger partial charge in [0.15, 0.2) is 0 Å². The summed E-state index contributed by atoms with van der Waals surface area (Å²) in [6.45, 7) is 3.78. The second-order valence-corrected chi connectivity index (χ2v) is 11.5. The molecule has 0 saturated carbocycles. The molecule has 0 amide bonds. The molecule has 2 atom stereocenters. The molecule has 226 valence electrons. The molecule has 1 aliphatic carbocycles. The van der Waals surface area contributed by atoms with Crippen LogP contribution in [0.5, 0.6) is 0 Å². The predicted molar refractivity (Wildman–Crippen MR) is 162 cm³/mol. The molecule has 4 heterocycles. The zero-order chi connectivity index (χ0) is 31.2. The Labute approximate surface area is 256 Å². The van der Waals surface area contributed by atoms with Crippen LogP contribution in [0.2, 0.25) is 5.02 Å². The monoisotopic (exact) mass is 620 g/mol. The summed E-state index contributed by atoms with van der Waals surface area (Å²) < 4.78 is 59.6. The molecule has 4 aromatic heterocycles. The van der Waals surface area contributed by atoms with Crippen molar-refractivity contribution in [3.63, 3.8) is 0 Å². The molecule has 0 aliphatic heterocycles. The minimum Gasteiger partial charge on any atom is -0.337 e. The van der Waals surface area contributed by atoms with Gasteiger partial charge in [0.05, 0.1) is 28.2 Å². The molecule has 11 heteroatoms. The van der Waals surface area contributed by atoms with Crippen molar-refractivity contribution >= 4 is 28.2 Å². The van der Waals surface area contributed by atoms with Gasteiger partial charge in [-0.2, -0.15) is 18.3 Å². The average Bonchev–Trinajstić information content (AvgIpc) is 3.71. The number of halogens is 5. The molecule has 1 aromatic carbocycles. The molecular weight excluding hydrogens is 592 g/mol. The minimum atomic E-state index is -4.59. The molecule has 2 unspecified atom stereocenters. The predicted octanol–water partition coefficient (Wildman–Crippen LogP) is 7.95. The van der Waals surface area contributed by atoms with E-state index >= 15 is 4.39 Å². The molecule has 44 heavy (non-hydrogen) atoms. The molecule has 5 aromatic rings. The summed E-state index contributed by atoms with van der Waals surface area (Å²) in [4.78, 5) is 12.7. The maximum Gasteiger partial charge on any atom is 0.433 e. The van der Waals surface area contributed by atoms with Gasteiger partial charge in [-0.3, -0.25) is 4.98 Å². The van der Waals surface area contributed by atoms with Gasteiger partial charge in [-0.25, -0.2) is 19.0 Å². The number of alkyl halides is 3. The summed E-state index contributed by atoms with van der Waals surface area (Å²) >= 11 is 7.11. The van der Waals surface area contributed by atoms with Crippen LogP contribution in [0, 0.1) is 11.7 Å². The van der Waals surface area contributed by atoms with Crippen LogP contribution in [0.3, 0.4) is 0 Å². The van der Waals surface area contributed by atoms with Gasteiger partial charge in [0.25, 0.3) is 0 Å². The normalized spacial score (nSPS) is 16.7. The molecule has 0 radical (unpaired) electrons. The van der Waals surface area contributed by atoms with Crippen molar-refractivity contribution in [1.29, 1.82) is 0 Å². The first-order valence-corrected chi connectivity index (χ1v) is 14.6. The number of hydrogen-bond acceptors (Lipinski definition) is 4. The first kappa shape index (κ1) is 29.7. The van der Waals surface area contributed by atoms with Crippen molar-refractivity contribution in [3.8, 4) is 0 Å². The maximum absolute atomic E-state index is 16.0. The van der Waals surface area contributed by atoms with Crippen molar-refractivity contribution in [1.82, 2.24) is 29.3 Å². The summed E-state index contributed by atoms with van der Waals surface area (Å²) in [5.74, 6) is -0.416. The Morgan fingerprint density at radius 2 is 1.93 bits per heavy atom. The molecule has 6 nitrogen and oxygen atoms in total. The number of pyridine rings is 2. The van der Waals surface area contributed by atoms with Crippen LogP contribution < -0.4 is 0 Å². The number of fused-ring (bicyclic) bond motifs is 1. The topological polar surface area (TPSA) is 61.4 Å². The van der Waals surface area contributed by atoms with Crippen LogP contribution in [0.25, 0.3) is 16.6 Å². The fraction of sp³-hybridized carbons (Fsp3) is 0.273. The molecule has 6 rings (SSSR count). The van der Waals surface area contributed by atoms with E-state index in [2.05, 4.69) is 27.2 Å². The standard InChI is InChI=1S/C33H29ClF4N6/c1-4-27-24(14-20-6-9-23(10-7-20)44-13-5-12-41-44)30(34)25-15-22(16-26(35)31(25)42-27)32(2,29-18-39-19-43(29)3)21-8-11-28(40-17-21)33(36,37)38/h5-6,8-13,15-20H,4,7,14H2,1-3H3. The van der Waals surface area contributed by atoms with E-state index < -0.39 is 23.1 Å². The Morgan fingerprint density at radius 1 is 1.11 bits per heavy atom. The highest BCUT2D eigenvalue weighted by Crippen LogP contribution is 2.42. The van der Waals surface area contributed by atoms with E-state index in [0.29, 0.717) is 40.1 Å². The van der Waals surface area contributed by atoms with Gasteiger partial charge in [-0.15, -0.1) is 0 Å². The molecule has 0 N–H and O–H groups in total. The second kappa shape index (κ2) is 11.3. The van der Waals surface area contributed by atoms with Crippen LogP contribution in [-0.4, -0.2) is 29.3 Å². The Kier molecular flexibility index (Phi) is 7.65. The third-order valence-electron chi connectivity index (χ3n) is 8.44. The number of nitrogens with zero attached hydrogens (tertiary/aromatic N) is 6. The van der Waals surface area contributed by atoms with Gasteiger partial charge in [-0.05, 0) is 79.1 Å². The highest BCUT2D eigenvalue weighted by atomic mass is 35.5. The number of benzene rings is 1. The summed E-state index contributed by atoms with van der Waals surface area (Å²) in [6, 6.07) is 7.34. The molecule has 0 spiro atoms. The molecule has 1 aliphatic rings. The van der Waals surface area contributed by atoms with E-state index in [0.717, 1.165) is 29.4 Å². The van der Waals surface area contributed by atoms with Crippen molar-refractivity contribution in [3.05, 3.63) is 124 Å². The fourth-order valence-corrected chi connectivity index (χ4v) is 6.31. The van der Waals surface area contributed by atoms with Crippen LogP contribution in [0.15, 0.2) is 79.7 Å². The Balaban J connectivity index is 1.45. The number of aromatic nitrogens is 6. The molecular formula is C33H29ClF4N6. The van der Waals surface area contributed by atoms with Gasteiger partial charge in [0.1, 0.15) is 17.0 Å². The minimum absolute atomic E-state index is 0.150. The lowest BCUT2D eigenvalue weighted by molar-refractivity contribution is -0.141. The lowest BCUT2D eigenvalue weighted by Crippen LogP contribution is -2.28. The SMILES string of the molecule is CCc1nc2c(F)cc(C(C)(c3ccc(C(F)(F)F)nc3)c3cncn3C)cc2c(Cl)c1CC1C=CC(n2cccn2)=CC1. The highest BCUT2D eigenvalue weighted by molar-refractivity contribution is 6.36. The van der Waals surface area contributed by atoms with Gasteiger partial charge >= 0.3 is 6.18 Å². The van der Waals surface area contributed by atoms with E-state index in [1.807, 2.05) is 36.9 Å². The lowest BCUT2D eigenvalue weighted by atomic mass is 9.73. The van der Waals surface area contributed by atoms with E-state index in [1.165, 1.54) is 18.3 Å². The number of allylic oxidation sites excluding steroid dienone is 4. The van der Waals surface area contributed by atoms with Gasteiger partial charge in [0, 0.05) is 42.9 Å². The third-order valence-corrected chi connectivity index (χ3v) is 8.87. The first-order chi connectivity index (χ1) is 21.0. The highest BCUT2D eigenvalue weighted by Gasteiger charge is 2.38. The van der Waals surface area contributed by atoms with Crippen LogP contribution >= 0.6 is 11.6 Å². The molecule has 0 bridgehead atoms. The zero-order valence-electron chi connectivity index (χ0n) is 24.3.